The van der Waals surface area contributed by atoms with Gasteiger partial charge in [-0.1, -0.05) is 56.7 Å². The van der Waals surface area contributed by atoms with Crippen molar-refractivity contribution in [3.8, 4) is 0 Å². The van der Waals surface area contributed by atoms with Crippen LogP contribution in [0.2, 0.25) is 0 Å². The molecule has 0 fully saturated rings. The molecule has 0 amide bonds. The summed E-state index contributed by atoms with van der Waals surface area (Å²) in [6.45, 7) is 8.07. The molecule has 0 saturated carbocycles. The van der Waals surface area contributed by atoms with E-state index in [1.807, 2.05) is 18.2 Å². The van der Waals surface area contributed by atoms with Crippen LogP contribution >= 0.6 is 0 Å². The highest BCUT2D eigenvalue weighted by molar-refractivity contribution is 5.21. The highest BCUT2D eigenvalue weighted by Crippen LogP contribution is 2.31. The van der Waals surface area contributed by atoms with Crippen LogP contribution in [0.3, 0.4) is 0 Å². The molecule has 0 spiro atoms. The quantitative estimate of drug-likeness (QED) is 0.721. The lowest BCUT2D eigenvalue weighted by Gasteiger charge is -2.28. The zero-order chi connectivity index (χ0) is 12.0. The Labute approximate surface area is 98.8 Å². The largest absolute Gasteiger partial charge is 0.392 e. The maximum absolute atomic E-state index is 10.2. The second kappa shape index (κ2) is 6.49. The van der Waals surface area contributed by atoms with Crippen LogP contribution in [0.4, 0.5) is 0 Å². The summed E-state index contributed by atoms with van der Waals surface area (Å²) in [4.78, 5) is 0. The van der Waals surface area contributed by atoms with E-state index < -0.39 is 0 Å². The lowest BCUT2D eigenvalue weighted by Crippen LogP contribution is -2.23. The maximum atomic E-state index is 10.2. The van der Waals surface area contributed by atoms with Gasteiger partial charge in [0.25, 0.3) is 0 Å². The van der Waals surface area contributed by atoms with Gasteiger partial charge in [-0.2, -0.15) is 0 Å². The van der Waals surface area contributed by atoms with Gasteiger partial charge in [0.1, 0.15) is 0 Å². The van der Waals surface area contributed by atoms with E-state index in [4.69, 9.17) is 0 Å². The van der Waals surface area contributed by atoms with Crippen LogP contribution in [0, 0.1) is 5.92 Å². The van der Waals surface area contributed by atoms with Gasteiger partial charge in [0.05, 0.1) is 6.10 Å². The van der Waals surface area contributed by atoms with Gasteiger partial charge in [0, 0.05) is 5.92 Å². The molecule has 3 atom stereocenters. The predicted molar refractivity (Wildman–Crippen MR) is 69.5 cm³/mol. The van der Waals surface area contributed by atoms with E-state index in [0.717, 1.165) is 6.42 Å². The van der Waals surface area contributed by atoms with Crippen molar-refractivity contribution in [1.29, 1.82) is 0 Å². The van der Waals surface area contributed by atoms with Gasteiger partial charge in [0.15, 0.2) is 0 Å². The molecule has 16 heavy (non-hydrogen) atoms. The predicted octanol–water partition coefficient (Wildman–Crippen LogP) is 3.75. The molecule has 1 heteroatoms. The molecule has 1 aromatic carbocycles. The zero-order valence-electron chi connectivity index (χ0n) is 10.3. The third kappa shape index (κ3) is 3.21. The minimum atomic E-state index is -0.324. The monoisotopic (exact) mass is 218 g/mol. The summed E-state index contributed by atoms with van der Waals surface area (Å²) in [6, 6.07) is 10.3. The van der Waals surface area contributed by atoms with E-state index in [1.165, 1.54) is 5.56 Å². The van der Waals surface area contributed by atoms with Crippen LogP contribution in [-0.4, -0.2) is 11.2 Å². The number of hydrogen-bond donors (Lipinski definition) is 1. The van der Waals surface area contributed by atoms with Crippen LogP contribution in [-0.2, 0) is 0 Å². The van der Waals surface area contributed by atoms with Crippen LogP contribution in [0.25, 0.3) is 0 Å². The molecule has 0 heterocycles. The Morgan fingerprint density at radius 3 is 2.44 bits per heavy atom. The maximum Gasteiger partial charge on any atom is 0.0645 e. The third-order valence-corrected chi connectivity index (χ3v) is 3.26. The zero-order valence-corrected chi connectivity index (χ0v) is 10.3. The molecule has 0 aliphatic carbocycles. The molecule has 3 unspecified atom stereocenters. The average molecular weight is 218 g/mol. The van der Waals surface area contributed by atoms with Crippen LogP contribution in [0.15, 0.2) is 43.0 Å². The topological polar surface area (TPSA) is 20.2 Å². The second-order valence-electron chi connectivity index (χ2n) is 4.41. The Morgan fingerprint density at radius 1 is 1.31 bits per heavy atom. The lowest BCUT2D eigenvalue weighted by molar-refractivity contribution is 0.120. The van der Waals surface area contributed by atoms with Crippen molar-refractivity contribution in [2.75, 3.05) is 0 Å². The van der Waals surface area contributed by atoms with Crippen molar-refractivity contribution < 1.29 is 5.11 Å². The van der Waals surface area contributed by atoms with Crippen LogP contribution in [0.5, 0.6) is 0 Å². The molecule has 88 valence electrons. The molecule has 0 saturated heterocycles. The molecular formula is C15H22O. The Morgan fingerprint density at radius 2 is 1.94 bits per heavy atom. The third-order valence-electron chi connectivity index (χ3n) is 3.26. The molecule has 0 radical (unpaired) electrons. The van der Waals surface area contributed by atoms with E-state index >= 15 is 0 Å². The molecule has 0 bridgehead atoms. The molecule has 1 aromatic rings. The van der Waals surface area contributed by atoms with E-state index in [1.54, 1.807) is 6.08 Å². The molecule has 0 aromatic heterocycles. The van der Waals surface area contributed by atoms with Gasteiger partial charge in [-0.3, -0.25) is 0 Å². The fourth-order valence-corrected chi connectivity index (χ4v) is 2.18. The molecule has 1 nitrogen and oxygen atoms in total. The molecular weight excluding hydrogens is 196 g/mol. The van der Waals surface area contributed by atoms with Crippen molar-refractivity contribution in [2.24, 2.45) is 5.92 Å². The Balaban J connectivity index is 2.91. The van der Waals surface area contributed by atoms with Crippen molar-refractivity contribution in [3.05, 3.63) is 48.6 Å². The van der Waals surface area contributed by atoms with Gasteiger partial charge in [-0.25, -0.2) is 0 Å². The van der Waals surface area contributed by atoms with Crippen LogP contribution < -0.4 is 0 Å². The summed E-state index contributed by atoms with van der Waals surface area (Å²) in [5.74, 6) is 0.696. The summed E-state index contributed by atoms with van der Waals surface area (Å²) in [5, 5.41) is 10.2. The van der Waals surface area contributed by atoms with Gasteiger partial charge in [0.2, 0.25) is 0 Å². The number of aliphatic hydroxyl groups excluding tert-OH is 1. The standard InChI is InChI=1S/C15H22O/c1-4-9-14(16)15(12(3)5-2)13-10-7-6-8-11-13/h4,6-8,10-12,14-16H,1,5,9H2,2-3H3. The van der Waals surface area contributed by atoms with Gasteiger partial charge < -0.3 is 5.11 Å². The first-order valence-corrected chi connectivity index (χ1v) is 6.04. The van der Waals surface area contributed by atoms with E-state index in [2.05, 4.69) is 32.6 Å². The van der Waals surface area contributed by atoms with E-state index in [9.17, 15) is 5.11 Å². The SMILES string of the molecule is C=CCC(O)C(c1ccccc1)C(C)CC. The minimum absolute atomic E-state index is 0.212. The Hall–Kier alpha value is -1.08. The van der Waals surface area contributed by atoms with Crippen molar-refractivity contribution in [2.45, 2.75) is 38.7 Å². The highest BCUT2D eigenvalue weighted by Gasteiger charge is 2.24. The molecule has 0 aliphatic heterocycles. The fourth-order valence-electron chi connectivity index (χ4n) is 2.18. The summed E-state index contributed by atoms with van der Waals surface area (Å²) < 4.78 is 0. The molecule has 0 aliphatic rings. The first-order valence-electron chi connectivity index (χ1n) is 6.04. The summed E-state index contributed by atoms with van der Waals surface area (Å²) in [6.07, 6.45) is 3.20. The van der Waals surface area contributed by atoms with Crippen LogP contribution in [0.1, 0.15) is 38.2 Å². The molecule has 1 N–H and O–H groups in total. The van der Waals surface area contributed by atoms with E-state index in [-0.39, 0.29) is 12.0 Å². The lowest BCUT2D eigenvalue weighted by atomic mass is 9.80. The van der Waals surface area contributed by atoms with Gasteiger partial charge >= 0.3 is 0 Å². The average Bonchev–Trinajstić information content (AvgIpc) is 2.31. The Bertz CT molecular complexity index is 304. The first kappa shape index (κ1) is 13.0. The van der Waals surface area contributed by atoms with Crippen molar-refractivity contribution in [3.63, 3.8) is 0 Å². The van der Waals surface area contributed by atoms with Gasteiger partial charge in [-0.15, -0.1) is 6.58 Å². The van der Waals surface area contributed by atoms with Gasteiger partial charge in [-0.05, 0) is 17.9 Å². The fraction of sp³-hybridized carbons (Fsp3) is 0.467. The number of rotatable bonds is 6. The summed E-state index contributed by atoms with van der Waals surface area (Å²) in [7, 11) is 0. The molecule has 1 rings (SSSR count). The minimum Gasteiger partial charge on any atom is -0.392 e. The number of aliphatic hydroxyl groups is 1. The highest BCUT2D eigenvalue weighted by atomic mass is 16.3. The van der Waals surface area contributed by atoms with E-state index in [0.29, 0.717) is 12.3 Å². The number of hydrogen-bond acceptors (Lipinski definition) is 1. The number of benzene rings is 1. The summed E-state index contributed by atoms with van der Waals surface area (Å²) in [5.41, 5.74) is 1.23. The normalized spacial score (nSPS) is 16.4. The Kier molecular flexibility index (Phi) is 5.27. The van der Waals surface area contributed by atoms with Crippen molar-refractivity contribution >= 4 is 0 Å². The van der Waals surface area contributed by atoms with Crippen molar-refractivity contribution in [1.82, 2.24) is 0 Å². The smallest absolute Gasteiger partial charge is 0.0645 e. The second-order valence-corrected chi connectivity index (χ2v) is 4.41. The summed E-state index contributed by atoms with van der Waals surface area (Å²) >= 11 is 0. The first-order chi connectivity index (χ1) is 7.70.